The van der Waals surface area contributed by atoms with Gasteiger partial charge >= 0.3 is 0 Å². The summed E-state index contributed by atoms with van der Waals surface area (Å²) in [6.45, 7) is 17.6. The van der Waals surface area contributed by atoms with Gasteiger partial charge in [0.2, 0.25) is 11.8 Å². The first-order chi connectivity index (χ1) is 39.5. The van der Waals surface area contributed by atoms with Gasteiger partial charge in [-0.15, -0.1) is 22.6 Å². The van der Waals surface area contributed by atoms with Crippen molar-refractivity contribution in [3.8, 4) is 23.4 Å². The molecule has 8 heterocycles. The maximum absolute atomic E-state index is 13.6. The molecule has 2 atom stereocenters. The molecular weight excluding hydrogens is 1150 g/mol. The Bertz CT molecular complexity index is 3750. The summed E-state index contributed by atoms with van der Waals surface area (Å²) < 4.78 is 151. The highest BCUT2D eigenvalue weighted by Crippen LogP contribution is 2.38. The van der Waals surface area contributed by atoms with E-state index in [0.29, 0.717) is 30.8 Å². The van der Waals surface area contributed by atoms with Crippen LogP contribution in [0.1, 0.15) is 141 Å². The first-order valence-corrected chi connectivity index (χ1v) is 27.6. The first-order valence-electron chi connectivity index (χ1n) is 29.2. The Morgan fingerprint density at radius 2 is 1.18 bits per heavy atom. The molecule has 444 valence electrons. The summed E-state index contributed by atoms with van der Waals surface area (Å²) in [6.07, 6.45) is 1.90. The molecule has 0 aromatic carbocycles. The number of hydrogen-bond acceptors (Lipinski definition) is 16. The number of rotatable bonds is 13. The zero-order valence-electron chi connectivity index (χ0n) is 57.0. The van der Waals surface area contributed by atoms with Crippen LogP contribution in [0.25, 0.3) is 11.6 Å². The van der Waals surface area contributed by atoms with Crippen molar-refractivity contribution in [1.82, 2.24) is 63.9 Å². The summed E-state index contributed by atoms with van der Waals surface area (Å²) >= 11 is 6.16. The van der Waals surface area contributed by atoms with Gasteiger partial charge in [0.1, 0.15) is 20.8 Å². The van der Waals surface area contributed by atoms with Crippen molar-refractivity contribution in [3.63, 3.8) is 0 Å². The number of nitrogens with one attached hydrogen (secondary N) is 3. The van der Waals surface area contributed by atoms with E-state index in [0.717, 1.165) is 0 Å². The Hall–Kier alpha value is -5.38. The molecule has 0 saturated carbocycles. The standard InChI is InChI=1S/C26H37N7O4S.C19H23ClN6O4S.C7H15N.ClH.2H2S/c1-17-13-26(6,7)32(14-17)23-19(24(34)30-38(35,36)20-15-31(8)28-18(20)2)9-10-21(27-23)33-12-11-22(29-33)37-16-25(3,4)5;1-12-14(10-25(5)22-12)31(28,29)24-18(27)13-6-7-15(21-17(13)20)26-9-8-16(23-26)30-11-19(2,3)4;1-6-4-7(2,3)8-5-6;;;/h9-12,15,17H,13-14,16H2,1-8H3,(H,30,34);6-10H,11H2,1-5H3,(H,24,27);6,8H,4-5H2,1-3H3;1H;2*1H2/t17-;;6-;;;/m0.0.../s1/i1D3,13D2;;1D3,4D2;;;. The molecule has 0 radical (unpaired) electrons. The van der Waals surface area contributed by atoms with Crippen LogP contribution in [-0.4, -0.2) is 115 Å². The third-order valence-corrected chi connectivity index (χ3v) is 14.3. The van der Waals surface area contributed by atoms with Crippen LogP contribution >= 0.6 is 51.0 Å². The summed E-state index contributed by atoms with van der Waals surface area (Å²) in [4.78, 5) is 36.0. The zero-order chi connectivity index (χ0) is 65.8. The molecule has 0 bridgehead atoms. The lowest BCUT2D eigenvalue weighted by atomic mass is 9.97. The molecule has 2 fully saturated rings. The van der Waals surface area contributed by atoms with E-state index < -0.39 is 81.2 Å². The molecule has 0 spiro atoms. The van der Waals surface area contributed by atoms with Crippen LogP contribution < -0.4 is 29.1 Å². The van der Waals surface area contributed by atoms with Crippen LogP contribution in [0, 0.1) is 36.5 Å². The first kappa shape index (κ1) is 53.9. The molecule has 0 unspecified atom stereocenters. The Morgan fingerprint density at radius 1 is 0.725 bits per heavy atom. The van der Waals surface area contributed by atoms with Crippen LogP contribution in [0.15, 0.2) is 71.0 Å². The van der Waals surface area contributed by atoms with Gasteiger partial charge in [0.05, 0.1) is 35.7 Å². The number of carbonyl (C=O) groups excluding carboxylic acids is 2. The lowest BCUT2D eigenvalue weighted by molar-refractivity contribution is 0.0972. The van der Waals surface area contributed by atoms with Gasteiger partial charge in [0.25, 0.3) is 31.9 Å². The third-order valence-electron chi connectivity index (χ3n) is 11.2. The minimum atomic E-state index is -4.35. The number of sulfonamides is 2. The number of aryl methyl sites for hydroxylation is 4. The van der Waals surface area contributed by atoms with Gasteiger partial charge in [0, 0.05) is 82.3 Å². The maximum atomic E-state index is 13.6. The molecule has 22 nitrogen and oxygen atoms in total. The largest absolute Gasteiger partial charge is 0.476 e. The molecular formula is C52H80Cl2N14O8S4. The Kier molecular flexibility index (Phi) is 18.0. The van der Waals surface area contributed by atoms with Crippen molar-refractivity contribution in [1.29, 1.82) is 0 Å². The van der Waals surface area contributed by atoms with Crippen molar-refractivity contribution in [2.45, 2.75) is 130 Å². The normalized spacial score (nSPS) is 20.0. The highest BCUT2D eigenvalue weighted by atomic mass is 35.5. The number of amides is 2. The molecule has 2 saturated heterocycles. The summed E-state index contributed by atoms with van der Waals surface area (Å²) in [6, 6.07) is 9.01. The predicted molar refractivity (Wildman–Crippen MR) is 322 cm³/mol. The smallest absolute Gasteiger partial charge is 0.268 e. The second-order valence-corrected chi connectivity index (χ2v) is 25.5. The lowest BCUT2D eigenvalue weighted by Crippen LogP contribution is -2.41. The van der Waals surface area contributed by atoms with Crippen molar-refractivity contribution in [3.05, 3.63) is 88.9 Å². The number of nitrogens with zero attached hydrogens (tertiary/aromatic N) is 11. The highest BCUT2D eigenvalue weighted by Gasteiger charge is 2.40. The highest BCUT2D eigenvalue weighted by molar-refractivity contribution is 7.90. The van der Waals surface area contributed by atoms with E-state index in [1.165, 1.54) is 88.0 Å². The molecule has 3 N–H and O–H groups in total. The van der Waals surface area contributed by atoms with Gasteiger partial charge in [0.15, 0.2) is 11.6 Å². The van der Waals surface area contributed by atoms with E-state index in [1.54, 1.807) is 52.5 Å². The lowest BCUT2D eigenvalue weighted by Gasteiger charge is -2.34. The number of anilines is 1. The van der Waals surface area contributed by atoms with Crippen LogP contribution in [0.3, 0.4) is 0 Å². The van der Waals surface area contributed by atoms with Gasteiger partial charge < -0.3 is 19.7 Å². The number of carbonyl (C=O) groups is 2. The number of halogens is 2. The predicted octanol–water partition coefficient (Wildman–Crippen LogP) is 8.03. The molecule has 2 amide bonds. The summed E-state index contributed by atoms with van der Waals surface area (Å²) in [5.41, 5.74) is -2.18. The summed E-state index contributed by atoms with van der Waals surface area (Å²) in [5, 5.41) is 19.4. The minimum Gasteiger partial charge on any atom is -0.476 e. The average molecular weight is 1240 g/mol. The van der Waals surface area contributed by atoms with Crippen molar-refractivity contribution >= 4 is 88.7 Å². The monoisotopic (exact) mass is 1240 g/mol. The number of aromatic nitrogens is 10. The van der Waals surface area contributed by atoms with E-state index in [-0.39, 0.29) is 112 Å². The van der Waals surface area contributed by atoms with Gasteiger partial charge in [-0.1, -0.05) is 66.8 Å². The zero-order valence-corrected chi connectivity index (χ0v) is 52.3. The van der Waals surface area contributed by atoms with Crippen LogP contribution in [0.4, 0.5) is 5.82 Å². The van der Waals surface area contributed by atoms with Gasteiger partial charge in [-0.3, -0.25) is 19.0 Å². The quantitative estimate of drug-likeness (QED) is 0.0925. The summed E-state index contributed by atoms with van der Waals surface area (Å²) in [7, 11) is -5.33. The van der Waals surface area contributed by atoms with Crippen LogP contribution in [0.2, 0.25) is 5.15 Å². The maximum Gasteiger partial charge on any atom is 0.268 e. The fraction of sp³-hybridized carbons (Fsp3) is 0.538. The van der Waals surface area contributed by atoms with Crippen LogP contribution in [0.5, 0.6) is 11.8 Å². The minimum absolute atomic E-state index is 0. The summed E-state index contributed by atoms with van der Waals surface area (Å²) in [5.74, 6) is -3.03. The fourth-order valence-corrected chi connectivity index (χ4v) is 10.2. The fourth-order valence-electron chi connectivity index (χ4n) is 7.63. The topological polar surface area (TPSA) is 257 Å². The van der Waals surface area contributed by atoms with Crippen molar-refractivity contribution in [2.24, 2.45) is 36.8 Å². The second kappa shape index (κ2) is 26.7. The second-order valence-electron chi connectivity index (χ2n) is 21.9. The van der Waals surface area contributed by atoms with E-state index >= 15 is 0 Å². The van der Waals surface area contributed by atoms with E-state index in [9.17, 15) is 26.4 Å². The number of hydrogen-bond donors (Lipinski definition) is 3. The SMILES string of the molecule is Cc1nn(C)cc1S(=O)(=O)NC(=O)c1ccc(-n2ccc(OCC(C)(C)C)n2)nc1Cl.Cl.S.S.[2H]C([2H])([2H])[C@@H]1CN(c2nc(-n3ccc(OCC(C)(C)C)n3)ccc2C(=O)NS(=O)(=O)c2cn(C)nc2C)C(C)(C)C1([2H])[2H].[2H]C([2H])([2H])[C@@H]1CNC(C)(C)C1([2H])[2H]. The Balaban J connectivity index is 0.000000393. The average Bonchev–Trinajstić information content (AvgIpc) is 1.65. The molecule has 6 aromatic rings. The number of ether oxygens (including phenoxy) is 2. The van der Waals surface area contributed by atoms with Crippen molar-refractivity contribution in [2.75, 3.05) is 31.2 Å². The van der Waals surface area contributed by atoms with E-state index in [2.05, 4.69) is 40.4 Å². The van der Waals surface area contributed by atoms with Gasteiger partial charge in [-0.05, 0) is 108 Å². The van der Waals surface area contributed by atoms with E-state index in [4.69, 9.17) is 34.8 Å². The Labute approximate surface area is 510 Å². The van der Waals surface area contributed by atoms with Crippen LogP contribution in [-0.2, 0) is 34.1 Å². The van der Waals surface area contributed by atoms with Gasteiger partial charge in [-0.25, -0.2) is 45.6 Å². The van der Waals surface area contributed by atoms with E-state index in [1.807, 2.05) is 46.3 Å². The number of pyridine rings is 2. The molecule has 28 heteroatoms. The third kappa shape index (κ3) is 18.3. The molecule has 2 aliphatic heterocycles. The molecule has 8 rings (SSSR count). The molecule has 2 aliphatic rings. The van der Waals surface area contributed by atoms with Crippen molar-refractivity contribution < 1.29 is 49.6 Å². The van der Waals surface area contributed by atoms with Gasteiger partial charge in [-0.2, -0.15) is 37.2 Å². The molecule has 80 heavy (non-hydrogen) atoms. The Morgan fingerprint density at radius 3 is 1.55 bits per heavy atom. The molecule has 6 aromatic heterocycles. The molecule has 0 aliphatic carbocycles.